The summed E-state index contributed by atoms with van der Waals surface area (Å²) in [4.78, 5) is 18.3. The molecule has 0 aliphatic carbocycles. The molecule has 4 nitrogen and oxygen atoms in total. The predicted molar refractivity (Wildman–Crippen MR) is 105 cm³/mol. The fourth-order valence-electron chi connectivity index (χ4n) is 2.37. The fraction of sp³-hybridized carbons (Fsp3) is 0.158. The van der Waals surface area contributed by atoms with Crippen LogP contribution < -0.4 is 9.64 Å². The quantitative estimate of drug-likeness (QED) is 0.552. The van der Waals surface area contributed by atoms with Crippen molar-refractivity contribution < 1.29 is 9.53 Å². The van der Waals surface area contributed by atoms with Gasteiger partial charge < -0.3 is 4.74 Å². The van der Waals surface area contributed by atoms with Gasteiger partial charge in [0.15, 0.2) is 5.13 Å². The number of ether oxygens (including phenoxy) is 1. The molecule has 0 spiro atoms. The molecule has 0 saturated carbocycles. The summed E-state index contributed by atoms with van der Waals surface area (Å²) in [6.45, 7) is 3.89. The minimum absolute atomic E-state index is 0.0711. The predicted octanol–water partition coefficient (Wildman–Crippen LogP) is 5.48. The van der Waals surface area contributed by atoms with Gasteiger partial charge in [-0.3, -0.25) is 9.69 Å². The summed E-state index contributed by atoms with van der Waals surface area (Å²) < 4.78 is 6.69. The Hall–Kier alpha value is -2.18. The lowest BCUT2D eigenvalue weighted by atomic mass is 10.2. The average molecular weight is 417 g/mol. The highest BCUT2D eigenvalue weighted by Gasteiger charge is 2.18. The highest BCUT2D eigenvalue weighted by Crippen LogP contribution is 2.30. The van der Waals surface area contributed by atoms with Gasteiger partial charge in [-0.05, 0) is 52.7 Å². The lowest BCUT2D eigenvalue weighted by Crippen LogP contribution is -2.22. The van der Waals surface area contributed by atoms with Crippen molar-refractivity contribution >= 4 is 44.0 Å². The Bertz CT molecular complexity index is 894. The zero-order chi connectivity index (χ0) is 17.8. The molecular formula is C19H17BrN2O2S. The number of anilines is 2. The van der Waals surface area contributed by atoms with Gasteiger partial charge in [-0.15, -0.1) is 11.3 Å². The fourth-order valence-corrected chi connectivity index (χ4v) is 3.64. The van der Waals surface area contributed by atoms with Gasteiger partial charge in [0.1, 0.15) is 12.4 Å². The van der Waals surface area contributed by atoms with Crippen LogP contribution in [-0.2, 0) is 11.4 Å². The summed E-state index contributed by atoms with van der Waals surface area (Å²) >= 11 is 4.89. The zero-order valence-corrected chi connectivity index (χ0v) is 16.3. The molecule has 1 heterocycles. The minimum atomic E-state index is -0.0711. The van der Waals surface area contributed by atoms with E-state index in [1.807, 2.05) is 60.8 Å². The van der Waals surface area contributed by atoms with Crippen molar-refractivity contribution in [2.75, 3.05) is 4.90 Å². The monoisotopic (exact) mass is 416 g/mol. The molecule has 6 heteroatoms. The molecule has 0 bridgehead atoms. The Morgan fingerprint density at radius 3 is 2.76 bits per heavy atom. The van der Waals surface area contributed by atoms with Crippen LogP contribution in [0.3, 0.4) is 0 Å². The molecule has 0 aliphatic heterocycles. The molecule has 0 atom stereocenters. The van der Waals surface area contributed by atoms with Gasteiger partial charge in [0.25, 0.3) is 0 Å². The maximum Gasteiger partial charge on any atom is 0.230 e. The van der Waals surface area contributed by atoms with Crippen LogP contribution in [-0.4, -0.2) is 10.9 Å². The van der Waals surface area contributed by atoms with E-state index in [2.05, 4.69) is 20.9 Å². The van der Waals surface area contributed by atoms with E-state index in [0.717, 1.165) is 27.2 Å². The van der Waals surface area contributed by atoms with Crippen LogP contribution in [0.5, 0.6) is 5.75 Å². The van der Waals surface area contributed by atoms with E-state index >= 15 is 0 Å². The molecule has 3 aromatic rings. The van der Waals surface area contributed by atoms with E-state index in [1.165, 1.54) is 11.3 Å². The van der Waals surface area contributed by atoms with Crippen molar-refractivity contribution in [1.82, 2.24) is 4.98 Å². The number of rotatable bonds is 5. The summed E-state index contributed by atoms with van der Waals surface area (Å²) in [6, 6.07) is 15.5. The van der Waals surface area contributed by atoms with Gasteiger partial charge in [-0.1, -0.05) is 24.3 Å². The first kappa shape index (κ1) is 17.6. The Balaban J connectivity index is 1.79. The summed E-state index contributed by atoms with van der Waals surface area (Å²) in [5.41, 5.74) is 2.70. The number of aromatic nitrogens is 1. The normalized spacial score (nSPS) is 10.5. The average Bonchev–Trinajstić information content (AvgIpc) is 3.02. The summed E-state index contributed by atoms with van der Waals surface area (Å²) in [7, 11) is 0. The molecule has 0 radical (unpaired) electrons. The molecule has 0 fully saturated rings. The molecule has 1 aromatic heterocycles. The van der Waals surface area contributed by atoms with Gasteiger partial charge in [0, 0.05) is 12.3 Å². The number of aryl methyl sites for hydroxylation is 1. The lowest BCUT2D eigenvalue weighted by molar-refractivity contribution is -0.115. The molecule has 0 aliphatic rings. The minimum Gasteiger partial charge on any atom is -0.486 e. The second-order valence-electron chi connectivity index (χ2n) is 5.53. The highest BCUT2D eigenvalue weighted by atomic mass is 79.9. The maximum atomic E-state index is 12.1. The maximum absolute atomic E-state index is 12.1. The number of hydrogen-bond acceptors (Lipinski definition) is 4. The van der Waals surface area contributed by atoms with E-state index in [0.29, 0.717) is 11.7 Å². The number of nitrogens with zero attached hydrogens (tertiary/aromatic N) is 2. The number of hydrogen-bond donors (Lipinski definition) is 0. The van der Waals surface area contributed by atoms with E-state index in [-0.39, 0.29) is 5.91 Å². The van der Waals surface area contributed by atoms with E-state index in [1.54, 1.807) is 11.8 Å². The van der Waals surface area contributed by atoms with Crippen molar-refractivity contribution in [1.29, 1.82) is 0 Å². The molecule has 25 heavy (non-hydrogen) atoms. The molecule has 0 unspecified atom stereocenters. The molecule has 2 aromatic carbocycles. The number of carbonyl (C=O) groups is 1. The van der Waals surface area contributed by atoms with Crippen molar-refractivity contribution in [2.45, 2.75) is 20.5 Å². The SMILES string of the molecule is CC(=O)N(c1cccc(C)c1)c1nc(COc2ccccc2Br)cs1. The Labute approximate surface area is 159 Å². The second-order valence-corrected chi connectivity index (χ2v) is 7.22. The molecule has 0 saturated heterocycles. The van der Waals surface area contributed by atoms with Crippen molar-refractivity contribution in [2.24, 2.45) is 0 Å². The number of para-hydroxylation sites is 1. The number of carbonyl (C=O) groups excluding carboxylic acids is 1. The van der Waals surface area contributed by atoms with Crippen LogP contribution in [0, 0.1) is 6.92 Å². The van der Waals surface area contributed by atoms with Crippen molar-refractivity contribution in [3.05, 3.63) is 69.6 Å². The van der Waals surface area contributed by atoms with Crippen LogP contribution in [0.4, 0.5) is 10.8 Å². The Morgan fingerprint density at radius 2 is 2.04 bits per heavy atom. The van der Waals surface area contributed by atoms with Crippen LogP contribution in [0.1, 0.15) is 18.2 Å². The number of benzene rings is 2. The second kappa shape index (κ2) is 7.80. The Kier molecular flexibility index (Phi) is 5.50. The first-order valence-electron chi connectivity index (χ1n) is 7.73. The topological polar surface area (TPSA) is 42.4 Å². The molecule has 1 amide bonds. The van der Waals surface area contributed by atoms with Crippen LogP contribution in [0.2, 0.25) is 0 Å². The van der Waals surface area contributed by atoms with E-state index in [4.69, 9.17) is 4.74 Å². The first-order chi connectivity index (χ1) is 12.0. The molecule has 128 valence electrons. The Morgan fingerprint density at radius 1 is 1.24 bits per heavy atom. The number of halogens is 1. The van der Waals surface area contributed by atoms with Crippen LogP contribution >= 0.6 is 27.3 Å². The molecule has 3 rings (SSSR count). The van der Waals surface area contributed by atoms with Crippen LogP contribution in [0.15, 0.2) is 58.4 Å². The van der Waals surface area contributed by atoms with E-state index < -0.39 is 0 Å². The third kappa shape index (κ3) is 4.27. The van der Waals surface area contributed by atoms with Gasteiger partial charge in [-0.2, -0.15) is 0 Å². The molecular weight excluding hydrogens is 400 g/mol. The highest BCUT2D eigenvalue weighted by molar-refractivity contribution is 9.10. The van der Waals surface area contributed by atoms with Crippen molar-refractivity contribution in [3.8, 4) is 5.75 Å². The lowest BCUT2D eigenvalue weighted by Gasteiger charge is -2.18. The largest absolute Gasteiger partial charge is 0.486 e. The summed E-state index contributed by atoms with van der Waals surface area (Å²) in [5.74, 6) is 0.692. The third-order valence-corrected chi connectivity index (χ3v) is 5.05. The zero-order valence-electron chi connectivity index (χ0n) is 13.9. The number of thiazole rings is 1. The smallest absolute Gasteiger partial charge is 0.230 e. The van der Waals surface area contributed by atoms with Gasteiger partial charge in [0.2, 0.25) is 5.91 Å². The van der Waals surface area contributed by atoms with E-state index in [9.17, 15) is 4.79 Å². The van der Waals surface area contributed by atoms with Crippen molar-refractivity contribution in [3.63, 3.8) is 0 Å². The van der Waals surface area contributed by atoms with Gasteiger partial charge in [0.05, 0.1) is 15.9 Å². The van der Waals surface area contributed by atoms with Crippen LogP contribution in [0.25, 0.3) is 0 Å². The first-order valence-corrected chi connectivity index (χ1v) is 9.41. The third-order valence-electron chi connectivity index (χ3n) is 3.52. The summed E-state index contributed by atoms with van der Waals surface area (Å²) in [6.07, 6.45) is 0. The standard InChI is InChI=1S/C19H17BrN2O2S/c1-13-6-5-7-16(10-13)22(14(2)23)19-21-15(12-25-19)11-24-18-9-4-3-8-17(18)20/h3-10,12H,11H2,1-2H3. The molecule has 0 N–H and O–H groups in total. The van der Waals surface area contributed by atoms with Gasteiger partial charge >= 0.3 is 0 Å². The summed E-state index contributed by atoms with van der Waals surface area (Å²) in [5, 5.41) is 2.56. The number of amides is 1. The van der Waals surface area contributed by atoms with Gasteiger partial charge in [-0.25, -0.2) is 4.98 Å².